The Morgan fingerprint density at radius 1 is 1.41 bits per heavy atom. The highest BCUT2D eigenvalue weighted by Gasteiger charge is 2.36. The van der Waals surface area contributed by atoms with E-state index in [1.165, 1.54) is 0 Å². The standard InChI is InChI=1S/C11H22N2O3S/c1-3-13-6-9(2)11(7-13)12-17(14,15)10-4-5-16-8-10/h9-12H,3-8H2,1-2H3. The summed E-state index contributed by atoms with van der Waals surface area (Å²) in [6.07, 6.45) is 0.619. The molecular formula is C11H22N2O3S. The van der Waals surface area contributed by atoms with Crippen LogP contribution in [0.5, 0.6) is 0 Å². The van der Waals surface area contributed by atoms with Crippen molar-refractivity contribution in [1.82, 2.24) is 9.62 Å². The first kappa shape index (κ1) is 13.3. The Hall–Kier alpha value is -0.170. The van der Waals surface area contributed by atoms with Crippen molar-refractivity contribution in [1.29, 1.82) is 0 Å². The number of rotatable bonds is 4. The topological polar surface area (TPSA) is 58.6 Å². The van der Waals surface area contributed by atoms with E-state index in [2.05, 4.69) is 23.5 Å². The number of ether oxygens (including phenoxy) is 1. The molecule has 0 amide bonds. The van der Waals surface area contributed by atoms with Crippen LogP contribution in [-0.4, -0.2) is 57.5 Å². The maximum Gasteiger partial charge on any atom is 0.217 e. The van der Waals surface area contributed by atoms with Crippen molar-refractivity contribution in [2.24, 2.45) is 5.92 Å². The molecule has 2 aliphatic heterocycles. The normalized spacial score (nSPS) is 35.5. The lowest BCUT2D eigenvalue weighted by Crippen LogP contribution is -2.44. The van der Waals surface area contributed by atoms with Crippen LogP contribution in [0.1, 0.15) is 20.3 Å². The van der Waals surface area contributed by atoms with Gasteiger partial charge in [0.15, 0.2) is 0 Å². The Morgan fingerprint density at radius 3 is 2.71 bits per heavy atom. The molecule has 0 spiro atoms. The summed E-state index contributed by atoms with van der Waals surface area (Å²) in [4.78, 5) is 2.28. The van der Waals surface area contributed by atoms with Crippen molar-refractivity contribution in [2.75, 3.05) is 32.8 Å². The Labute approximate surface area is 104 Å². The number of sulfonamides is 1. The van der Waals surface area contributed by atoms with E-state index in [0.29, 0.717) is 25.6 Å². The Balaban J connectivity index is 1.96. The monoisotopic (exact) mass is 262 g/mol. The van der Waals surface area contributed by atoms with Gasteiger partial charge in [-0.2, -0.15) is 0 Å². The van der Waals surface area contributed by atoms with Crippen molar-refractivity contribution in [3.8, 4) is 0 Å². The molecule has 0 aliphatic carbocycles. The third-order valence-corrected chi connectivity index (χ3v) is 5.66. The molecule has 0 radical (unpaired) electrons. The first-order valence-electron chi connectivity index (χ1n) is 6.34. The fraction of sp³-hybridized carbons (Fsp3) is 1.00. The molecule has 1 N–H and O–H groups in total. The fourth-order valence-corrected chi connectivity index (χ4v) is 4.15. The maximum atomic E-state index is 12.1. The van der Waals surface area contributed by atoms with Gasteiger partial charge in [0.1, 0.15) is 5.25 Å². The molecule has 0 aromatic heterocycles. The van der Waals surface area contributed by atoms with Crippen molar-refractivity contribution >= 4 is 10.0 Å². The second-order valence-corrected chi connectivity index (χ2v) is 7.08. The molecule has 5 nitrogen and oxygen atoms in total. The van der Waals surface area contributed by atoms with Gasteiger partial charge in [0.2, 0.25) is 10.0 Å². The summed E-state index contributed by atoms with van der Waals surface area (Å²) in [6.45, 7) is 7.90. The van der Waals surface area contributed by atoms with Crippen LogP contribution >= 0.6 is 0 Å². The first-order valence-corrected chi connectivity index (χ1v) is 7.88. The summed E-state index contributed by atoms with van der Waals surface area (Å²) in [6, 6.07) is 0.0561. The van der Waals surface area contributed by atoms with Gasteiger partial charge in [-0.1, -0.05) is 13.8 Å². The molecule has 100 valence electrons. The number of hydrogen-bond acceptors (Lipinski definition) is 4. The molecule has 6 heteroatoms. The average molecular weight is 262 g/mol. The second-order valence-electron chi connectivity index (χ2n) is 5.08. The van der Waals surface area contributed by atoms with E-state index in [4.69, 9.17) is 4.74 Å². The highest BCUT2D eigenvalue weighted by atomic mass is 32.2. The number of hydrogen-bond donors (Lipinski definition) is 1. The molecule has 2 aliphatic rings. The van der Waals surface area contributed by atoms with Gasteiger partial charge >= 0.3 is 0 Å². The number of nitrogens with one attached hydrogen (secondary N) is 1. The quantitative estimate of drug-likeness (QED) is 0.777. The van der Waals surface area contributed by atoms with Crippen LogP contribution in [0.2, 0.25) is 0 Å². The molecule has 2 rings (SSSR count). The highest BCUT2D eigenvalue weighted by molar-refractivity contribution is 7.90. The summed E-state index contributed by atoms with van der Waals surface area (Å²) in [5.41, 5.74) is 0. The fourth-order valence-electron chi connectivity index (χ4n) is 2.54. The Bertz CT molecular complexity index is 352. The smallest absolute Gasteiger partial charge is 0.217 e. The summed E-state index contributed by atoms with van der Waals surface area (Å²) >= 11 is 0. The van der Waals surface area contributed by atoms with E-state index in [-0.39, 0.29) is 11.3 Å². The summed E-state index contributed by atoms with van der Waals surface area (Å²) < 4.78 is 32.2. The van der Waals surface area contributed by atoms with Crippen molar-refractivity contribution < 1.29 is 13.2 Å². The van der Waals surface area contributed by atoms with Crippen LogP contribution in [0.15, 0.2) is 0 Å². The van der Waals surface area contributed by atoms with Gasteiger partial charge in [-0.15, -0.1) is 0 Å². The number of nitrogens with zero attached hydrogens (tertiary/aromatic N) is 1. The molecular weight excluding hydrogens is 240 g/mol. The zero-order valence-corrected chi connectivity index (χ0v) is 11.4. The summed E-state index contributed by atoms with van der Waals surface area (Å²) in [7, 11) is -3.21. The molecule has 0 bridgehead atoms. The zero-order chi connectivity index (χ0) is 12.5. The minimum absolute atomic E-state index is 0.0561. The lowest BCUT2D eigenvalue weighted by atomic mass is 10.1. The van der Waals surface area contributed by atoms with Gasteiger partial charge in [0.25, 0.3) is 0 Å². The predicted molar refractivity (Wildman–Crippen MR) is 66.3 cm³/mol. The minimum Gasteiger partial charge on any atom is -0.380 e. The van der Waals surface area contributed by atoms with E-state index in [0.717, 1.165) is 19.6 Å². The SMILES string of the molecule is CCN1CC(C)C(NS(=O)(=O)C2CCOC2)C1. The molecule has 2 fully saturated rings. The summed E-state index contributed by atoms with van der Waals surface area (Å²) in [5, 5.41) is -0.356. The van der Waals surface area contributed by atoms with Gasteiger partial charge in [-0.05, 0) is 18.9 Å². The summed E-state index contributed by atoms with van der Waals surface area (Å²) in [5.74, 6) is 0.382. The predicted octanol–water partition coefficient (Wildman–Crippen LogP) is 0.0349. The number of likely N-dealkylation sites (tertiary alicyclic amines) is 1. The molecule has 17 heavy (non-hydrogen) atoms. The first-order chi connectivity index (χ1) is 8.03. The van der Waals surface area contributed by atoms with Crippen LogP contribution in [0.3, 0.4) is 0 Å². The van der Waals surface area contributed by atoms with E-state index >= 15 is 0 Å². The lowest BCUT2D eigenvalue weighted by molar-refractivity contribution is 0.198. The Kier molecular flexibility index (Phi) is 4.07. The van der Waals surface area contributed by atoms with Gasteiger partial charge in [-0.25, -0.2) is 13.1 Å². The zero-order valence-electron chi connectivity index (χ0n) is 10.6. The largest absolute Gasteiger partial charge is 0.380 e. The van der Waals surface area contributed by atoms with E-state index in [1.54, 1.807) is 0 Å². The Morgan fingerprint density at radius 2 is 2.18 bits per heavy atom. The van der Waals surface area contributed by atoms with Crippen molar-refractivity contribution in [3.05, 3.63) is 0 Å². The lowest BCUT2D eigenvalue weighted by Gasteiger charge is -2.19. The van der Waals surface area contributed by atoms with Gasteiger partial charge in [0.05, 0.1) is 6.61 Å². The molecule has 2 saturated heterocycles. The maximum absolute atomic E-state index is 12.1. The van der Waals surface area contributed by atoms with Crippen molar-refractivity contribution in [3.63, 3.8) is 0 Å². The third kappa shape index (κ3) is 2.99. The minimum atomic E-state index is -3.21. The van der Waals surface area contributed by atoms with Crippen LogP contribution in [-0.2, 0) is 14.8 Å². The molecule has 0 aromatic carbocycles. The van der Waals surface area contributed by atoms with Crippen LogP contribution in [0, 0.1) is 5.92 Å². The second kappa shape index (κ2) is 5.22. The molecule has 3 atom stereocenters. The van der Waals surface area contributed by atoms with Crippen LogP contribution < -0.4 is 4.72 Å². The highest BCUT2D eigenvalue weighted by Crippen LogP contribution is 2.19. The van der Waals surface area contributed by atoms with Gasteiger partial charge in [-0.3, -0.25) is 0 Å². The molecule has 2 heterocycles. The van der Waals surface area contributed by atoms with E-state index < -0.39 is 10.0 Å². The molecule has 0 aromatic rings. The van der Waals surface area contributed by atoms with E-state index in [1.807, 2.05) is 0 Å². The van der Waals surface area contributed by atoms with E-state index in [9.17, 15) is 8.42 Å². The van der Waals surface area contributed by atoms with Crippen molar-refractivity contribution in [2.45, 2.75) is 31.6 Å². The van der Waals surface area contributed by atoms with Crippen LogP contribution in [0.25, 0.3) is 0 Å². The van der Waals surface area contributed by atoms with Gasteiger partial charge < -0.3 is 9.64 Å². The number of likely N-dealkylation sites (N-methyl/N-ethyl adjacent to an activating group) is 1. The molecule has 3 unspecified atom stereocenters. The van der Waals surface area contributed by atoms with Crippen LogP contribution in [0.4, 0.5) is 0 Å². The van der Waals surface area contributed by atoms with Gasteiger partial charge in [0, 0.05) is 25.7 Å². The molecule has 0 saturated carbocycles. The average Bonchev–Trinajstić information content (AvgIpc) is 2.88. The third-order valence-electron chi connectivity index (χ3n) is 3.78.